The highest BCUT2D eigenvalue weighted by molar-refractivity contribution is 5.90. The van der Waals surface area contributed by atoms with Gasteiger partial charge in [0, 0.05) is 18.6 Å². The third-order valence-corrected chi connectivity index (χ3v) is 4.55. The molecule has 30 heavy (non-hydrogen) atoms. The average molecular weight is 412 g/mol. The van der Waals surface area contributed by atoms with E-state index in [1.165, 1.54) is 31.1 Å². The molecule has 0 radical (unpaired) electrons. The summed E-state index contributed by atoms with van der Waals surface area (Å²) in [5.41, 5.74) is 2.18. The number of ether oxygens (including phenoxy) is 2. The van der Waals surface area contributed by atoms with E-state index in [4.69, 9.17) is 4.74 Å². The Morgan fingerprint density at radius 2 is 2.00 bits per heavy atom. The Hall–Kier alpha value is -3.68. The van der Waals surface area contributed by atoms with Crippen LogP contribution in [0.1, 0.15) is 12.5 Å². The van der Waals surface area contributed by atoms with Crippen LogP contribution in [0.2, 0.25) is 0 Å². The molecule has 0 bridgehead atoms. The van der Waals surface area contributed by atoms with Crippen LogP contribution in [0.4, 0.5) is 14.9 Å². The van der Waals surface area contributed by atoms with Crippen LogP contribution in [0.5, 0.6) is 0 Å². The van der Waals surface area contributed by atoms with Crippen molar-refractivity contribution in [3.05, 3.63) is 59.9 Å². The van der Waals surface area contributed by atoms with Crippen LogP contribution in [0.3, 0.4) is 0 Å². The predicted molar refractivity (Wildman–Crippen MR) is 109 cm³/mol. The minimum absolute atomic E-state index is 0.203. The summed E-state index contributed by atoms with van der Waals surface area (Å²) in [5.74, 6) is -1.16. The molecule has 2 aromatic carbocycles. The van der Waals surface area contributed by atoms with E-state index in [2.05, 4.69) is 10.1 Å². The lowest BCUT2D eigenvalue weighted by Gasteiger charge is -2.14. The van der Waals surface area contributed by atoms with E-state index in [-0.39, 0.29) is 19.0 Å². The van der Waals surface area contributed by atoms with Crippen LogP contribution in [-0.2, 0) is 19.1 Å². The van der Waals surface area contributed by atoms with Crippen molar-refractivity contribution in [2.75, 3.05) is 25.1 Å². The normalized spacial score (nSPS) is 15.9. The van der Waals surface area contributed by atoms with Gasteiger partial charge in [-0.15, -0.1) is 0 Å². The fraction of sp³-hybridized carbons (Fsp3) is 0.227. The molecule has 1 aliphatic rings. The Morgan fingerprint density at radius 1 is 1.27 bits per heavy atom. The predicted octanol–water partition coefficient (Wildman–Crippen LogP) is 3.14. The van der Waals surface area contributed by atoms with Gasteiger partial charge in [0.05, 0.1) is 25.9 Å². The Labute approximate surface area is 173 Å². The fourth-order valence-electron chi connectivity index (χ4n) is 3.01. The van der Waals surface area contributed by atoms with Crippen molar-refractivity contribution >= 4 is 29.7 Å². The topological polar surface area (TPSA) is 84.9 Å². The first-order valence-electron chi connectivity index (χ1n) is 9.26. The molecular formula is C22H21FN2O5. The summed E-state index contributed by atoms with van der Waals surface area (Å²) in [6, 6.07) is 11.5. The number of nitrogens with zero attached hydrogens (tertiary/aromatic N) is 1. The minimum Gasteiger partial charge on any atom is -0.466 e. The van der Waals surface area contributed by atoms with Gasteiger partial charge in [-0.3, -0.25) is 9.69 Å². The molecule has 0 aromatic heterocycles. The number of methoxy groups -OCH3 is 1. The van der Waals surface area contributed by atoms with Crippen LogP contribution in [-0.4, -0.2) is 44.3 Å². The molecule has 0 aliphatic carbocycles. The number of rotatable bonds is 6. The number of esters is 1. The summed E-state index contributed by atoms with van der Waals surface area (Å²) in [4.78, 5) is 35.6. The van der Waals surface area contributed by atoms with Gasteiger partial charge < -0.3 is 14.8 Å². The number of cyclic esters (lactones) is 1. The third kappa shape index (κ3) is 5.02. The quantitative estimate of drug-likeness (QED) is 0.582. The van der Waals surface area contributed by atoms with Gasteiger partial charge in [-0.1, -0.05) is 24.3 Å². The zero-order chi connectivity index (χ0) is 21.7. The Kier molecular flexibility index (Phi) is 6.46. The smallest absolute Gasteiger partial charge is 0.414 e. The molecule has 7 nitrogen and oxygen atoms in total. The van der Waals surface area contributed by atoms with Crippen molar-refractivity contribution in [2.45, 2.75) is 13.0 Å². The van der Waals surface area contributed by atoms with E-state index in [9.17, 15) is 18.8 Å². The second-order valence-electron chi connectivity index (χ2n) is 6.70. The van der Waals surface area contributed by atoms with Gasteiger partial charge in [-0.2, -0.15) is 0 Å². The van der Waals surface area contributed by atoms with Gasteiger partial charge >= 0.3 is 12.1 Å². The second kappa shape index (κ2) is 9.21. The highest BCUT2D eigenvalue weighted by atomic mass is 19.1. The summed E-state index contributed by atoms with van der Waals surface area (Å²) >= 11 is 0. The summed E-state index contributed by atoms with van der Waals surface area (Å²) in [5, 5.41) is 2.60. The molecule has 1 fully saturated rings. The first-order chi connectivity index (χ1) is 14.4. The first-order valence-corrected chi connectivity index (χ1v) is 9.26. The number of amides is 2. The second-order valence-corrected chi connectivity index (χ2v) is 6.70. The zero-order valence-corrected chi connectivity index (χ0v) is 16.6. The Morgan fingerprint density at radius 3 is 2.63 bits per heavy atom. The SMILES string of the molecule is COC(=O)C=Cc1ccc(-c2ccc(N3C[C@H](CNC(C)=O)OC3=O)cc2F)cc1. The molecule has 1 N–H and O–H groups in total. The molecule has 1 atom stereocenters. The highest BCUT2D eigenvalue weighted by Gasteiger charge is 2.32. The van der Waals surface area contributed by atoms with Crippen LogP contribution in [0.15, 0.2) is 48.5 Å². The summed E-state index contributed by atoms with van der Waals surface area (Å²) in [6.45, 7) is 1.80. The van der Waals surface area contributed by atoms with Gasteiger partial charge in [-0.05, 0) is 35.4 Å². The summed E-state index contributed by atoms with van der Waals surface area (Å²) in [7, 11) is 1.30. The highest BCUT2D eigenvalue weighted by Crippen LogP contribution is 2.29. The Balaban J connectivity index is 1.72. The standard InChI is InChI=1S/C22H21FN2O5/c1-14(26)24-12-18-13-25(22(28)30-18)17-8-9-19(20(23)11-17)16-6-3-15(4-7-16)5-10-21(27)29-2/h3-11,18H,12-13H2,1-2H3,(H,24,26)/t18-/m0/s1. The van der Waals surface area contributed by atoms with E-state index >= 15 is 0 Å². The molecule has 0 spiro atoms. The molecule has 0 unspecified atom stereocenters. The number of nitrogens with one attached hydrogen (secondary N) is 1. The van der Waals surface area contributed by atoms with E-state index in [1.54, 1.807) is 42.5 Å². The molecule has 2 aromatic rings. The molecule has 0 saturated carbocycles. The van der Waals surface area contributed by atoms with Gasteiger partial charge in [-0.25, -0.2) is 14.0 Å². The maximum atomic E-state index is 14.8. The maximum absolute atomic E-state index is 14.8. The number of benzene rings is 2. The number of hydrogen-bond acceptors (Lipinski definition) is 5. The molecular weight excluding hydrogens is 391 g/mol. The van der Waals surface area contributed by atoms with E-state index in [0.29, 0.717) is 16.8 Å². The lowest BCUT2D eigenvalue weighted by molar-refractivity contribution is -0.134. The Bertz CT molecular complexity index is 988. The molecule has 8 heteroatoms. The number of anilines is 1. The lowest BCUT2D eigenvalue weighted by atomic mass is 10.0. The summed E-state index contributed by atoms with van der Waals surface area (Å²) in [6.07, 6.45) is 1.83. The van der Waals surface area contributed by atoms with Crippen molar-refractivity contribution in [3.8, 4) is 11.1 Å². The van der Waals surface area contributed by atoms with Crippen LogP contribution in [0, 0.1) is 5.82 Å². The van der Waals surface area contributed by atoms with Crippen LogP contribution >= 0.6 is 0 Å². The number of carbonyl (C=O) groups excluding carboxylic acids is 3. The van der Waals surface area contributed by atoms with E-state index < -0.39 is 24.0 Å². The molecule has 1 saturated heterocycles. The average Bonchev–Trinajstić information content (AvgIpc) is 3.11. The summed E-state index contributed by atoms with van der Waals surface area (Å²) < 4.78 is 24.5. The maximum Gasteiger partial charge on any atom is 0.414 e. The van der Waals surface area contributed by atoms with Gasteiger partial charge in [0.2, 0.25) is 5.91 Å². The number of carbonyl (C=O) groups is 3. The number of hydrogen-bond donors (Lipinski definition) is 1. The van der Waals surface area contributed by atoms with Crippen molar-refractivity contribution in [2.24, 2.45) is 0 Å². The van der Waals surface area contributed by atoms with Gasteiger partial charge in [0.15, 0.2) is 0 Å². The molecule has 1 heterocycles. The third-order valence-electron chi connectivity index (χ3n) is 4.55. The lowest BCUT2D eigenvalue weighted by Crippen LogP contribution is -2.33. The zero-order valence-electron chi connectivity index (χ0n) is 16.6. The monoisotopic (exact) mass is 412 g/mol. The van der Waals surface area contributed by atoms with Gasteiger partial charge in [0.25, 0.3) is 0 Å². The molecule has 3 rings (SSSR count). The van der Waals surface area contributed by atoms with Gasteiger partial charge in [0.1, 0.15) is 11.9 Å². The molecule has 2 amide bonds. The van der Waals surface area contributed by atoms with Crippen molar-refractivity contribution in [3.63, 3.8) is 0 Å². The first kappa shape index (κ1) is 21.0. The van der Waals surface area contributed by atoms with Crippen molar-refractivity contribution in [1.82, 2.24) is 5.32 Å². The molecule has 156 valence electrons. The molecule has 1 aliphatic heterocycles. The van der Waals surface area contributed by atoms with Crippen molar-refractivity contribution in [1.29, 1.82) is 0 Å². The van der Waals surface area contributed by atoms with E-state index in [0.717, 1.165) is 5.56 Å². The van der Waals surface area contributed by atoms with Crippen molar-refractivity contribution < 1.29 is 28.2 Å². The van der Waals surface area contributed by atoms with Crippen LogP contribution in [0.25, 0.3) is 17.2 Å². The largest absolute Gasteiger partial charge is 0.466 e. The minimum atomic E-state index is -0.584. The fourth-order valence-corrected chi connectivity index (χ4v) is 3.01. The van der Waals surface area contributed by atoms with E-state index in [1.807, 2.05) is 0 Å². The van der Waals surface area contributed by atoms with Crippen LogP contribution < -0.4 is 10.2 Å². The number of halogens is 1.